The summed E-state index contributed by atoms with van der Waals surface area (Å²) in [5, 5.41) is 0. The summed E-state index contributed by atoms with van der Waals surface area (Å²) in [6.07, 6.45) is 6.19. The van der Waals surface area contributed by atoms with Gasteiger partial charge in [0.15, 0.2) is 0 Å². The minimum Gasteiger partial charge on any atom is -0.285 e. The zero-order valence-corrected chi connectivity index (χ0v) is 8.70. The highest BCUT2D eigenvalue weighted by molar-refractivity contribution is 5.80. The minimum absolute atomic E-state index is 0.433. The Labute approximate surface area is 80.3 Å². The molecule has 2 unspecified atom stereocenters. The lowest BCUT2D eigenvalue weighted by Gasteiger charge is -2.23. The van der Waals surface area contributed by atoms with Crippen molar-refractivity contribution < 1.29 is 0 Å². The molecule has 2 aliphatic heterocycles. The molecule has 72 valence electrons. The second kappa shape index (κ2) is 3.26. The lowest BCUT2D eigenvalue weighted by Crippen LogP contribution is -2.29. The quantitative estimate of drug-likeness (QED) is 0.599. The lowest BCUT2D eigenvalue weighted by molar-refractivity contribution is 0.298. The number of fused-ring (bicyclic) bond motifs is 1. The van der Waals surface area contributed by atoms with Crippen LogP contribution >= 0.6 is 0 Å². The molecule has 0 aliphatic carbocycles. The van der Waals surface area contributed by atoms with E-state index in [0.29, 0.717) is 18.0 Å². The highest BCUT2D eigenvalue weighted by atomic mass is 15.2. The molecule has 1 fully saturated rings. The average Bonchev–Trinajstić information content (AvgIpc) is 2.47. The van der Waals surface area contributed by atoms with Gasteiger partial charge in [-0.25, -0.2) is 0 Å². The number of hydrogen-bond acceptors (Lipinski definition) is 2. The summed E-state index contributed by atoms with van der Waals surface area (Å²) in [7, 11) is 2.16. The van der Waals surface area contributed by atoms with E-state index in [0.717, 1.165) is 0 Å². The standard InChI is InChI=1S/C11H18N2/c1-8(2)10-6-9-4-5-13(3)11(9)12-7-10/h6-9,11H,4-5H2,1-3H3. The molecule has 2 rings (SSSR count). The third-order valence-electron chi connectivity index (χ3n) is 3.10. The fraction of sp³-hybridized carbons (Fsp3) is 0.727. The second-order valence-electron chi connectivity index (χ2n) is 4.45. The van der Waals surface area contributed by atoms with Gasteiger partial charge in [0.1, 0.15) is 6.17 Å². The molecule has 2 aliphatic rings. The van der Waals surface area contributed by atoms with Crippen LogP contribution in [0.25, 0.3) is 0 Å². The predicted octanol–water partition coefficient (Wildman–Crippen LogP) is 1.93. The summed E-state index contributed by atoms with van der Waals surface area (Å²) >= 11 is 0. The summed E-state index contributed by atoms with van der Waals surface area (Å²) in [4.78, 5) is 6.95. The molecule has 2 atom stereocenters. The Morgan fingerprint density at radius 2 is 2.31 bits per heavy atom. The average molecular weight is 178 g/mol. The first kappa shape index (κ1) is 8.95. The van der Waals surface area contributed by atoms with Crippen LogP contribution in [0.2, 0.25) is 0 Å². The van der Waals surface area contributed by atoms with Gasteiger partial charge >= 0.3 is 0 Å². The van der Waals surface area contributed by atoms with E-state index >= 15 is 0 Å². The maximum Gasteiger partial charge on any atom is 0.108 e. The molecular formula is C11H18N2. The van der Waals surface area contributed by atoms with Gasteiger partial charge in [-0.05, 0) is 25.0 Å². The summed E-state index contributed by atoms with van der Waals surface area (Å²) in [5.41, 5.74) is 1.41. The normalized spacial score (nSPS) is 33.7. The predicted molar refractivity (Wildman–Crippen MR) is 55.9 cm³/mol. The third-order valence-corrected chi connectivity index (χ3v) is 3.10. The van der Waals surface area contributed by atoms with Crippen LogP contribution in [0.5, 0.6) is 0 Å². The topological polar surface area (TPSA) is 15.6 Å². The van der Waals surface area contributed by atoms with Gasteiger partial charge in [0.2, 0.25) is 0 Å². The SMILES string of the molecule is CC(C)C1=CC2CCN(C)C2N=C1. The van der Waals surface area contributed by atoms with Crippen molar-refractivity contribution in [1.29, 1.82) is 0 Å². The van der Waals surface area contributed by atoms with E-state index in [2.05, 4.69) is 43.1 Å². The van der Waals surface area contributed by atoms with E-state index in [9.17, 15) is 0 Å². The van der Waals surface area contributed by atoms with E-state index in [1.165, 1.54) is 18.5 Å². The largest absolute Gasteiger partial charge is 0.285 e. The van der Waals surface area contributed by atoms with Crippen LogP contribution in [0.1, 0.15) is 20.3 Å². The number of likely N-dealkylation sites (tertiary alicyclic amines) is 1. The molecule has 0 bridgehead atoms. The van der Waals surface area contributed by atoms with Gasteiger partial charge < -0.3 is 0 Å². The molecule has 0 spiro atoms. The van der Waals surface area contributed by atoms with Gasteiger partial charge in [0.05, 0.1) is 0 Å². The Morgan fingerprint density at radius 3 is 3.00 bits per heavy atom. The van der Waals surface area contributed by atoms with Crippen molar-refractivity contribution in [1.82, 2.24) is 4.90 Å². The van der Waals surface area contributed by atoms with Crippen molar-refractivity contribution in [2.45, 2.75) is 26.4 Å². The van der Waals surface area contributed by atoms with Crippen LogP contribution in [0.4, 0.5) is 0 Å². The van der Waals surface area contributed by atoms with Crippen LogP contribution < -0.4 is 0 Å². The third kappa shape index (κ3) is 1.55. The van der Waals surface area contributed by atoms with Crippen LogP contribution in [0.15, 0.2) is 16.6 Å². The van der Waals surface area contributed by atoms with Gasteiger partial charge in [-0.1, -0.05) is 19.9 Å². The maximum absolute atomic E-state index is 4.61. The zero-order valence-electron chi connectivity index (χ0n) is 8.70. The van der Waals surface area contributed by atoms with Crippen LogP contribution in [0.3, 0.4) is 0 Å². The van der Waals surface area contributed by atoms with Gasteiger partial charge in [0, 0.05) is 18.7 Å². The Bertz CT molecular complexity index is 253. The summed E-state index contributed by atoms with van der Waals surface area (Å²) < 4.78 is 0. The fourth-order valence-electron chi connectivity index (χ4n) is 2.15. The Balaban J connectivity index is 2.16. The van der Waals surface area contributed by atoms with Crippen molar-refractivity contribution in [3.63, 3.8) is 0 Å². The molecule has 0 aromatic heterocycles. The van der Waals surface area contributed by atoms with Crippen LogP contribution in [-0.4, -0.2) is 30.9 Å². The highest BCUT2D eigenvalue weighted by Crippen LogP contribution is 2.30. The van der Waals surface area contributed by atoms with Crippen LogP contribution in [-0.2, 0) is 0 Å². The number of hydrogen-bond donors (Lipinski definition) is 0. The molecule has 1 saturated heterocycles. The fourth-order valence-corrected chi connectivity index (χ4v) is 2.15. The summed E-state index contributed by atoms with van der Waals surface area (Å²) in [5.74, 6) is 1.29. The van der Waals surface area contributed by atoms with E-state index < -0.39 is 0 Å². The van der Waals surface area contributed by atoms with E-state index in [1.54, 1.807) is 0 Å². The summed E-state index contributed by atoms with van der Waals surface area (Å²) in [6, 6.07) is 0. The lowest BCUT2D eigenvalue weighted by atomic mass is 9.94. The monoisotopic (exact) mass is 178 g/mol. The number of nitrogens with zero attached hydrogens (tertiary/aromatic N) is 2. The number of rotatable bonds is 1. The molecule has 13 heavy (non-hydrogen) atoms. The smallest absolute Gasteiger partial charge is 0.108 e. The Kier molecular flexibility index (Phi) is 2.24. The van der Waals surface area contributed by atoms with Gasteiger partial charge in [-0.15, -0.1) is 0 Å². The molecule has 0 saturated carbocycles. The molecule has 2 heteroatoms. The van der Waals surface area contributed by atoms with Crippen molar-refractivity contribution >= 4 is 6.21 Å². The van der Waals surface area contributed by atoms with Crippen molar-refractivity contribution in [3.05, 3.63) is 11.6 Å². The number of aliphatic imine (C=N–C) groups is 1. The number of dihydropyridines is 1. The maximum atomic E-state index is 4.61. The Hall–Kier alpha value is -0.630. The minimum atomic E-state index is 0.433. The van der Waals surface area contributed by atoms with E-state index in [1.807, 2.05) is 0 Å². The Morgan fingerprint density at radius 1 is 1.54 bits per heavy atom. The first-order chi connectivity index (χ1) is 6.18. The molecule has 0 N–H and O–H groups in total. The molecule has 0 aromatic rings. The van der Waals surface area contributed by atoms with Gasteiger partial charge in [-0.3, -0.25) is 9.89 Å². The van der Waals surface area contributed by atoms with E-state index in [-0.39, 0.29) is 0 Å². The summed E-state index contributed by atoms with van der Waals surface area (Å²) in [6.45, 7) is 5.66. The first-order valence-corrected chi connectivity index (χ1v) is 5.13. The van der Waals surface area contributed by atoms with Crippen molar-refractivity contribution in [2.75, 3.05) is 13.6 Å². The van der Waals surface area contributed by atoms with Crippen LogP contribution in [0, 0.1) is 11.8 Å². The first-order valence-electron chi connectivity index (χ1n) is 5.13. The van der Waals surface area contributed by atoms with Crippen molar-refractivity contribution in [2.24, 2.45) is 16.8 Å². The highest BCUT2D eigenvalue weighted by Gasteiger charge is 2.31. The molecular weight excluding hydrogens is 160 g/mol. The van der Waals surface area contributed by atoms with E-state index in [4.69, 9.17) is 0 Å². The molecule has 2 heterocycles. The molecule has 0 amide bonds. The molecule has 2 nitrogen and oxygen atoms in total. The van der Waals surface area contributed by atoms with Gasteiger partial charge in [0.25, 0.3) is 0 Å². The van der Waals surface area contributed by atoms with Gasteiger partial charge in [-0.2, -0.15) is 0 Å². The number of allylic oxidation sites excluding steroid dienone is 1. The molecule has 0 radical (unpaired) electrons. The second-order valence-corrected chi connectivity index (χ2v) is 4.45. The molecule has 0 aromatic carbocycles. The zero-order chi connectivity index (χ0) is 9.42. The van der Waals surface area contributed by atoms with Crippen molar-refractivity contribution in [3.8, 4) is 0 Å².